The van der Waals surface area contributed by atoms with Crippen molar-refractivity contribution in [3.63, 3.8) is 0 Å². The van der Waals surface area contributed by atoms with E-state index in [0.29, 0.717) is 17.8 Å². The van der Waals surface area contributed by atoms with Gasteiger partial charge < -0.3 is 10.1 Å². The lowest BCUT2D eigenvalue weighted by molar-refractivity contribution is 0.102. The lowest BCUT2D eigenvalue weighted by Gasteiger charge is -2.05. The SMILES string of the molecule is CCc1ccc(C(=O)Nc2cnn(Cc3cccc(OC)c3)c2)cc1. The van der Waals surface area contributed by atoms with Crippen LogP contribution >= 0.6 is 0 Å². The third-order valence-corrected chi connectivity index (χ3v) is 3.99. The highest BCUT2D eigenvalue weighted by Crippen LogP contribution is 2.15. The molecule has 25 heavy (non-hydrogen) atoms. The monoisotopic (exact) mass is 335 g/mol. The van der Waals surface area contributed by atoms with Crippen molar-refractivity contribution >= 4 is 11.6 Å². The molecule has 0 radical (unpaired) electrons. The van der Waals surface area contributed by atoms with Gasteiger partial charge in [-0.3, -0.25) is 9.48 Å². The predicted molar refractivity (Wildman–Crippen MR) is 98.1 cm³/mol. The first kappa shape index (κ1) is 16.8. The van der Waals surface area contributed by atoms with Crippen LogP contribution in [0, 0.1) is 0 Å². The van der Waals surface area contributed by atoms with Crippen LogP contribution in [0.2, 0.25) is 0 Å². The number of hydrogen-bond donors (Lipinski definition) is 1. The summed E-state index contributed by atoms with van der Waals surface area (Å²) >= 11 is 0. The standard InChI is InChI=1S/C20H21N3O2/c1-3-15-7-9-17(10-8-15)20(24)22-18-12-21-23(14-18)13-16-5-4-6-19(11-16)25-2/h4-12,14H,3,13H2,1-2H3,(H,22,24). The zero-order valence-electron chi connectivity index (χ0n) is 14.4. The Kier molecular flexibility index (Phi) is 5.14. The van der Waals surface area contributed by atoms with Crippen molar-refractivity contribution < 1.29 is 9.53 Å². The first-order valence-corrected chi connectivity index (χ1v) is 8.23. The number of nitrogens with zero attached hydrogens (tertiary/aromatic N) is 2. The summed E-state index contributed by atoms with van der Waals surface area (Å²) in [4.78, 5) is 12.3. The van der Waals surface area contributed by atoms with Gasteiger partial charge in [0, 0.05) is 11.8 Å². The van der Waals surface area contributed by atoms with Gasteiger partial charge in [-0.05, 0) is 41.8 Å². The van der Waals surface area contributed by atoms with Crippen molar-refractivity contribution in [1.29, 1.82) is 0 Å². The number of carbonyl (C=O) groups excluding carboxylic acids is 1. The molecular formula is C20H21N3O2. The largest absolute Gasteiger partial charge is 0.497 e. The quantitative estimate of drug-likeness (QED) is 0.746. The van der Waals surface area contributed by atoms with Crippen LogP contribution in [0.3, 0.4) is 0 Å². The van der Waals surface area contributed by atoms with Crippen LogP contribution < -0.4 is 10.1 Å². The molecule has 0 saturated carbocycles. The minimum atomic E-state index is -0.136. The topological polar surface area (TPSA) is 56.2 Å². The maximum Gasteiger partial charge on any atom is 0.255 e. The van der Waals surface area contributed by atoms with Crippen LogP contribution in [0.15, 0.2) is 60.9 Å². The van der Waals surface area contributed by atoms with E-state index in [1.165, 1.54) is 5.56 Å². The molecule has 3 rings (SSSR count). The van der Waals surface area contributed by atoms with Crippen LogP contribution in [0.5, 0.6) is 5.75 Å². The molecule has 0 fully saturated rings. The fourth-order valence-corrected chi connectivity index (χ4v) is 2.57. The highest BCUT2D eigenvalue weighted by atomic mass is 16.5. The average molecular weight is 335 g/mol. The molecule has 128 valence electrons. The molecule has 1 amide bonds. The van der Waals surface area contributed by atoms with Gasteiger partial charge >= 0.3 is 0 Å². The molecule has 0 saturated heterocycles. The Balaban J connectivity index is 1.65. The number of carbonyl (C=O) groups is 1. The number of amides is 1. The molecule has 0 aliphatic carbocycles. The molecule has 0 unspecified atom stereocenters. The van der Waals surface area contributed by atoms with E-state index in [0.717, 1.165) is 17.7 Å². The second-order valence-electron chi connectivity index (χ2n) is 5.78. The number of rotatable bonds is 6. The minimum Gasteiger partial charge on any atom is -0.497 e. The van der Waals surface area contributed by atoms with E-state index in [-0.39, 0.29) is 5.91 Å². The number of methoxy groups -OCH3 is 1. The summed E-state index contributed by atoms with van der Waals surface area (Å²) in [6.45, 7) is 2.70. The molecule has 1 aromatic heterocycles. The van der Waals surface area contributed by atoms with Gasteiger partial charge in [0.1, 0.15) is 5.75 Å². The summed E-state index contributed by atoms with van der Waals surface area (Å²) < 4.78 is 7.01. The normalized spacial score (nSPS) is 10.5. The average Bonchev–Trinajstić information content (AvgIpc) is 3.08. The summed E-state index contributed by atoms with van der Waals surface area (Å²) in [5, 5.41) is 7.18. The number of ether oxygens (including phenoxy) is 1. The maximum absolute atomic E-state index is 12.3. The maximum atomic E-state index is 12.3. The number of aryl methyl sites for hydroxylation is 1. The van der Waals surface area contributed by atoms with Gasteiger partial charge in [-0.25, -0.2) is 0 Å². The second-order valence-corrected chi connectivity index (χ2v) is 5.78. The summed E-state index contributed by atoms with van der Waals surface area (Å²) in [7, 11) is 1.65. The van der Waals surface area contributed by atoms with Crippen molar-refractivity contribution in [2.45, 2.75) is 19.9 Å². The van der Waals surface area contributed by atoms with Crippen molar-refractivity contribution in [3.8, 4) is 5.75 Å². The molecule has 2 aromatic carbocycles. The van der Waals surface area contributed by atoms with Crippen molar-refractivity contribution in [2.24, 2.45) is 0 Å². The third kappa shape index (κ3) is 4.26. The number of aromatic nitrogens is 2. The highest BCUT2D eigenvalue weighted by molar-refractivity contribution is 6.04. The minimum absolute atomic E-state index is 0.136. The second kappa shape index (κ2) is 7.66. The van der Waals surface area contributed by atoms with E-state index in [9.17, 15) is 4.79 Å². The lowest BCUT2D eigenvalue weighted by atomic mass is 10.1. The molecule has 0 aliphatic heterocycles. The van der Waals surface area contributed by atoms with Gasteiger partial charge in [0.15, 0.2) is 0 Å². The van der Waals surface area contributed by atoms with Crippen LogP contribution in [0.25, 0.3) is 0 Å². The van der Waals surface area contributed by atoms with E-state index < -0.39 is 0 Å². The molecule has 0 aliphatic rings. The fraction of sp³-hybridized carbons (Fsp3) is 0.200. The van der Waals surface area contributed by atoms with Gasteiger partial charge in [-0.1, -0.05) is 31.2 Å². The number of nitrogens with one attached hydrogen (secondary N) is 1. The summed E-state index contributed by atoms with van der Waals surface area (Å²) in [5.41, 5.74) is 3.60. The Morgan fingerprint density at radius 2 is 1.96 bits per heavy atom. The molecule has 0 spiro atoms. The van der Waals surface area contributed by atoms with Gasteiger partial charge in [0.2, 0.25) is 0 Å². The lowest BCUT2D eigenvalue weighted by Crippen LogP contribution is -2.11. The molecule has 5 heteroatoms. The molecule has 5 nitrogen and oxygen atoms in total. The first-order valence-electron chi connectivity index (χ1n) is 8.23. The Hall–Kier alpha value is -3.08. The number of hydrogen-bond acceptors (Lipinski definition) is 3. The van der Waals surface area contributed by atoms with Crippen molar-refractivity contribution in [1.82, 2.24) is 9.78 Å². The van der Waals surface area contributed by atoms with E-state index in [1.54, 1.807) is 18.0 Å². The Morgan fingerprint density at radius 1 is 1.16 bits per heavy atom. The highest BCUT2D eigenvalue weighted by Gasteiger charge is 2.08. The predicted octanol–water partition coefficient (Wildman–Crippen LogP) is 3.75. The van der Waals surface area contributed by atoms with Crippen LogP contribution in [-0.4, -0.2) is 22.8 Å². The zero-order chi connectivity index (χ0) is 17.6. The summed E-state index contributed by atoms with van der Waals surface area (Å²) in [6, 6.07) is 15.5. The first-order chi connectivity index (χ1) is 12.2. The Labute approximate surface area is 147 Å². The van der Waals surface area contributed by atoms with Crippen molar-refractivity contribution in [2.75, 3.05) is 12.4 Å². The molecular weight excluding hydrogens is 314 g/mol. The van der Waals surface area contributed by atoms with E-state index in [1.807, 2.05) is 54.7 Å². The third-order valence-electron chi connectivity index (χ3n) is 3.99. The smallest absolute Gasteiger partial charge is 0.255 e. The van der Waals surface area contributed by atoms with E-state index in [4.69, 9.17) is 4.74 Å². The van der Waals surface area contributed by atoms with Crippen LogP contribution in [-0.2, 0) is 13.0 Å². The number of anilines is 1. The van der Waals surface area contributed by atoms with Crippen LogP contribution in [0.4, 0.5) is 5.69 Å². The summed E-state index contributed by atoms with van der Waals surface area (Å²) in [6.07, 6.45) is 4.43. The van der Waals surface area contributed by atoms with E-state index >= 15 is 0 Å². The van der Waals surface area contributed by atoms with Gasteiger partial charge in [0.05, 0.1) is 25.5 Å². The molecule has 0 bridgehead atoms. The van der Waals surface area contributed by atoms with Crippen molar-refractivity contribution in [3.05, 3.63) is 77.6 Å². The van der Waals surface area contributed by atoms with Gasteiger partial charge in [0.25, 0.3) is 5.91 Å². The zero-order valence-corrected chi connectivity index (χ0v) is 14.4. The Bertz CT molecular complexity index is 853. The summed E-state index contributed by atoms with van der Waals surface area (Å²) in [5.74, 6) is 0.678. The molecule has 1 N–H and O–H groups in total. The fourth-order valence-electron chi connectivity index (χ4n) is 2.57. The Morgan fingerprint density at radius 3 is 2.68 bits per heavy atom. The molecule has 0 atom stereocenters. The molecule has 3 aromatic rings. The van der Waals surface area contributed by atoms with Gasteiger partial charge in [-0.2, -0.15) is 5.10 Å². The molecule has 1 heterocycles. The van der Waals surface area contributed by atoms with E-state index in [2.05, 4.69) is 17.3 Å². The van der Waals surface area contributed by atoms with Gasteiger partial charge in [-0.15, -0.1) is 0 Å². The number of benzene rings is 2. The van der Waals surface area contributed by atoms with Crippen LogP contribution in [0.1, 0.15) is 28.4 Å².